The van der Waals surface area contributed by atoms with Crippen LogP contribution in [0.1, 0.15) is 66.3 Å². The van der Waals surface area contributed by atoms with Crippen LogP contribution in [0.2, 0.25) is 0 Å². The number of rotatable bonds is 9. The van der Waals surface area contributed by atoms with Crippen molar-refractivity contribution in [3.63, 3.8) is 0 Å². The van der Waals surface area contributed by atoms with Gasteiger partial charge in [-0.15, -0.1) is 0 Å². The first kappa shape index (κ1) is 25.5. The van der Waals surface area contributed by atoms with Gasteiger partial charge >= 0.3 is 5.97 Å². The molecule has 200 valence electrons. The second-order valence-corrected chi connectivity index (χ2v) is 10.7. The average Bonchev–Trinajstić information content (AvgIpc) is 3.54. The number of ether oxygens (including phenoxy) is 1. The Morgan fingerprint density at radius 2 is 1.72 bits per heavy atom. The van der Waals surface area contributed by atoms with Crippen molar-refractivity contribution in [1.82, 2.24) is 10.5 Å². The van der Waals surface area contributed by atoms with Crippen molar-refractivity contribution in [3.8, 4) is 22.5 Å². The van der Waals surface area contributed by atoms with Crippen LogP contribution < -0.4 is 5.32 Å². The second-order valence-electron chi connectivity index (χ2n) is 10.7. The Balaban J connectivity index is 1.16. The van der Waals surface area contributed by atoms with E-state index in [-0.39, 0.29) is 12.0 Å². The molecular formula is C33H34N2O4. The number of hydrogen-bond acceptors (Lipinski definition) is 6. The lowest BCUT2D eigenvalue weighted by atomic mass is 9.93. The predicted octanol–water partition coefficient (Wildman–Crippen LogP) is 6.22. The first-order valence-corrected chi connectivity index (χ1v) is 13.8. The number of aromatic nitrogens is 1. The van der Waals surface area contributed by atoms with E-state index in [9.17, 15) is 9.90 Å². The molecule has 39 heavy (non-hydrogen) atoms. The molecular weight excluding hydrogens is 488 g/mol. The van der Waals surface area contributed by atoms with E-state index in [0.29, 0.717) is 24.6 Å². The first-order valence-electron chi connectivity index (χ1n) is 13.8. The molecule has 2 aliphatic carbocycles. The molecule has 0 bridgehead atoms. The van der Waals surface area contributed by atoms with Crippen LogP contribution in [0.25, 0.3) is 22.5 Å². The van der Waals surface area contributed by atoms with Gasteiger partial charge < -0.3 is 19.7 Å². The number of nitrogens with one attached hydrogen (secondary N) is 1. The molecule has 1 saturated carbocycles. The Kier molecular flexibility index (Phi) is 6.83. The Hall–Kier alpha value is -3.74. The molecule has 2 aliphatic rings. The van der Waals surface area contributed by atoms with E-state index >= 15 is 0 Å². The summed E-state index contributed by atoms with van der Waals surface area (Å²) in [5.41, 5.74) is 7.68. The largest absolute Gasteiger partial charge is 0.465 e. The highest BCUT2D eigenvalue weighted by Crippen LogP contribution is 2.49. The lowest BCUT2D eigenvalue weighted by Gasteiger charge is -2.18. The minimum absolute atomic E-state index is 0.120. The van der Waals surface area contributed by atoms with Crippen molar-refractivity contribution >= 4 is 5.97 Å². The van der Waals surface area contributed by atoms with E-state index in [4.69, 9.17) is 9.26 Å². The summed E-state index contributed by atoms with van der Waals surface area (Å²) < 4.78 is 11.0. The fourth-order valence-corrected chi connectivity index (χ4v) is 5.90. The van der Waals surface area contributed by atoms with E-state index in [1.807, 2.05) is 50.2 Å². The number of carbonyl (C=O) groups excluding carboxylic acids is 1. The third-order valence-corrected chi connectivity index (χ3v) is 8.27. The van der Waals surface area contributed by atoms with Crippen LogP contribution in [0.3, 0.4) is 0 Å². The van der Waals surface area contributed by atoms with E-state index in [2.05, 4.69) is 46.9 Å². The summed E-state index contributed by atoms with van der Waals surface area (Å²) >= 11 is 0. The van der Waals surface area contributed by atoms with Crippen molar-refractivity contribution in [3.05, 3.63) is 101 Å². The van der Waals surface area contributed by atoms with Crippen LogP contribution in [0.15, 0.2) is 77.3 Å². The Morgan fingerprint density at radius 3 is 2.41 bits per heavy atom. The van der Waals surface area contributed by atoms with E-state index in [0.717, 1.165) is 53.5 Å². The van der Waals surface area contributed by atoms with Gasteiger partial charge in [0, 0.05) is 18.2 Å². The monoisotopic (exact) mass is 522 g/mol. The molecule has 3 aromatic carbocycles. The molecule has 2 N–H and O–H groups in total. The number of benzene rings is 3. The number of carbonyl (C=O) groups is 1. The maximum absolute atomic E-state index is 12.4. The zero-order valence-electron chi connectivity index (χ0n) is 22.4. The highest BCUT2D eigenvalue weighted by Gasteiger charge is 2.52. The number of aliphatic hydroxyl groups is 1. The average molecular weight is 523 g/mol. The number of aryl methyl sites for hydroxylation is 2. The molecule has 0 spiro atoms. The number of esters is 1. The van der Waals surface area contributed by atoms with Gasteiger partial charge in [-0.25, -0.2) is 0 Å². The summed E-state index contributed by atoms with van der Waals surface area (Å²) in [6.07, 6.45) is 3.04. The van der Waals surface area contributed by atoms with Gasteiger partial charge in [-0.2, -0.15) is 0 Å². The molecule has 0 amide bonds. The van der Waals surface area contributed by atoms with Crippen molar-refractivity contribution in [2.24, 2.45) is 0 Å². The third-order valence-electron chi connectivity index (χ3n) is 8.27. The minimum Gasteiger partial charge on any atom is -0.465 e. The lowest BCUT2D eigenvalue weighted by molar-refractivity contribution is -0.146. The molecule has 1 aromatic heterocycles. The Bertz CT molecular complexity index is 1470. The minimum atomic E-state index is -0.736. The van der Waals surface area contributed by atoms with Crippen LogP contribution in [0, 0.1) is 6.92 Å². The number of aliphatic hydroxyl groups excluding tert-OH is 1. The summed E-state index contributed by atoms with van der Waals surface area (Å²) in [5, 5.41) is 18.9. The fourth-order valence-electron chi connectivity index (χ4n) is 5.90. The predicted molar refractivity (Wildman–Crippen MR) is 150 cm³/mol. The Labute approximate surface area is 229 Å². The summed E-state index contributed by atoms with van der Waals surface area (Å²) in [4.78, 5) is 12.4. The Morgan fingerprint density at radius 1 is 1.05 bits per heavy atom. The van der Waals surface area contributed by atoms with Crippen molar-refractivity contribution in [2.45, 2.75) is 57.1 Å². The summed E-state index contributed by atoms with van der Waals surface area (Å²) in [7, 11) is 0. The maximum Gasteiger partial charge on any atom is 0.316 e. The summed E-state index contributed by atoms with van der Waals surface area (Å²) in [6.45, 7) is 4.54. The molecule has 6 heteroatoms. The topological polar surface area (TPSA) is 84.6 Å². The molecule has 6 rings (SSSR count). The molecule has 0 radical (unpaired) electrons. The molecule has 1 fully saturated rings. The highest BCUT2D eigenvalue weighted by molar-refractivity contribution is 5.87. The molecule has 1 heterocycles. The highest BCUT2D eigenvalue weighted by atomic mass is 16.5. The van der Waals surface area contributed by atoms with E-state index in [1.54, 1.807) is 0 Å². The van der Waals surface area contributed by atoms with Crippen LogP contribution in [0.4, 0.5) is 0 Å². The van der Waals surface area contributed by atoms with Crippen LogP contribution in [-0.2, 0) is 21.4 Å². The SMILES string of the molecule is CCOC(=O)C1(c2ccc(-c3ccc(-c4onc(C)c4C(O)CN[C@H]4CCc5ccccc54)cc3)cc2)CC1. The zero-order valence-corrected chi connectivity index (χ0v) is 22.4. The van der Waals surface area contributed by atoms with Gasteiger partial charge in [-0.1, -0.05) is 78.0 Å². The smallest absolute Gasteiger partial charge is 0.316 e. The zero-order chi connectivity index (χ0) is 27.0. The number of nitrogens with zero attached hydrogens (tertiary/aromatic N) is 1. The standard InChI is InChI=1S/C33H34N2O4/c1-3-38-32(37)33(18-19-33)26-15-12-23(13-16-26)22-8-10-25(11-9-22)31-30(21(2)35-39-31)29(36)20-34-28-17-14-24-6-4-5-7-27(24)28/h4-13,15-16,28-29,34,36H,3,14,17-20H2,1-2H3/t28-,29?/m0/s1. The normalized spacial score (nSPS) is 18.0. The molecule has 1 unspecified atom stereocenters. The maximum atomic E-state index is 12.4. The van der Waals surface area contributed by atoms with E-state index < -0.39 is 11.5 Å². The molecule has 0 aliphatic heterocycles. The quantitative estimate of drug-likeness (QED) is 0.254. The van der Waals surface area contributed by atoms with E-state index in [1.165, 1.54) is 11.1 Å². The summed E-state index contributed by atoms with van der Waals surface area (Å²) in [5.74, 6) is 0.478. The third kappa shape index (κ3) is 4.79. The lowest BCUT2D eigenvalue weighted by Crippen LogP contribution is -2.25. The van der Waals surface area contributed by atoms with Crippen molar-refractivity contribution < 1.29 is 19.2 Å². The van der Waals surface area contributed by atoms with Crippen LogP contribution in [-0.4, -0.2) is 29.4 Å². The number of hydrogen-bond donors (Lipinski definition) is 2. The van der Waals surface area contributed by atoms with Crippen molar-refractivity contribution in [1.29, 1.82) is 0 Å². The van der Waals surface area contributed by atoms with Gasteiger partial charge in [-0.3, -0.25) is 4.79 Å². The second kappa shape index (κ2) is 10.4. The van der Waals surface area contributed by atoms with Gasteiger partial charge in [-0.05, 0) is 67.3 Å². The summed E-state index contributed by atoms with van der Waals surface area (Å²) in [6, 6.07) is 25.0. The molecule has 4 aromatic rings. The van der Waals surface area contributed by atoms with Crippen LogP contribution >= 0.6 is 0 Å². The molecule has 0 saturated heterocycles. The molecule has 2 atom stereocenters. The van der Waals surface area contributed by atoms with Gasteiger partial charge in [0.1, 0.15) is 0 Å². The fraction of sp³-hybridized carbons (Fsp3) is 0.333. The van der Waals surface area contributed by atoms with Crippen LogP contribution in [0.5, 0.6) is 0 Å². The first-order chi connectivity index (χ1) is 19.0. The van der Waals surface area contributed by atoms with Crippen molar-refractivity contribution in [2.75, 3.05) is 13.2 Å². The van der Waals surface area contributed by atoms with Gasteiger partial charge in [0.05, 0.1) is 29.4 Å². The molecule has 6 nitrogen and oxygen atoms in total. The number of fused-ring (bicyclic) bond motifs is 1. The van der Waals surface area contributed by atoms with Gasteiger partial charge in [0.25, 0.3) is 0 Å². The van der Waals surface area contributed by atoms with Gasteiger partial charge in [0.15, 0.2) is 5.76 Å². The van der Waals surface area contributed by atoms with Gasteiger partial charge in [0.2, 0.25) is 0 Å².